The molecule has 5 heteroatoms. The van der Waals surface area contributed by atoms with Gasteiger partial charge < -0.3 is 5.32 Å². The summed E-state index contributed by atoms with van der Waals surface area (Å²) < 4.78 is 0. The quantitative estimate of drug-likeness (QED) is 0.679. The average Bonchev–Trinajstić information content (AvgIpc) is 2.53. The number of hydrogen-bond acceptors (Lipinski definition) is 3. The lowest BCUT2D eigenvalue weighted by Crippen LogP contribution is -2.28. The van der Waals surface area contributed by atoms with Gasteiger partial charge in [-0.15, -0.1) is 0 Å². The molecule has 2 rings (SSSR count). The van der Waals surface area contributed by atoms with Crippen molar-refractivity contribution >= 4 is 11.6 Å². The van der Waals surface area contributed by atoms with Crippen LogP contribution in [0.5, 0.6) is 0 Å². The van der Waals surface area contributed by atoms with Crippen molar-refractivity contribution in [1.82, 2.24) is 5.32 Å². The van der Waals surface area contributed by atoms with Gasteiger partial charge in [0.15, 0.2) is 0 Å². The maximum Gasteiger partial charge on any atom is 0.273 e. The minimum absolute atomic E-state index is 0.0382. The van der Waals surface area contributed by atoms with Gasteiger partial charge in [-0.2, -0.15) is 0 Å². The summed E-state index contributed by atoms with van der Waals surface area (Å²) in [5.41, 5.74) is 1.83. The van der Waals surface area contributed by atoms with Gasteiger partial charge >= 0.3 is 0 Å². The van der Waals surface area contributed by atoms with Crippen LogP contribution in [-0.2, 0) is 0 Å². The Morgan fingerprint density at radius 1 is 1.18 bits per heavy atom. The van der Waals surface area contributed by atoms with E-state index in [1.807, 2.05) is 37.3 Å². The Balaban J connectivity index is 2.07. The molecule has 0 bridgehead atoms. The van der Waals surface area contributed by atoms with Crippen LogP contribution in [0.1, 0.15) is 34.3 Å². The van der Waals surface area contributed by atoms with Gasteiger partial charge in [-0.05, 0) is 24.5 Å². The molecule has 1 atom stereocenters. The van der Waals surface area contributed by atoms with E-state index in [4.69, 9.17) is 0 Å². The van der Waals surface area contributed by atoms with Gasteiger partial charge in [0.2, 0.25) is 0 Å². The van der Waals surface area contributed by atoms with Crippen LogP contribution in [0, 0.1) is 17.0 Å². The first kappa shape index (κ1) is 15.7. The number of nitrogens with one attached hydrogen (secondary N) is 1. The summed E-state index contributed by atoms with van der Waals surface area (Å²) >= 11 is 0. The van der Waals surface area contributed by atoms with Crippen molar-refractivity contribution < 1.29 is 9.72 Å². The Morgan fingerprint density at radius 3 is 2.50 bits per heavy atom. The molecular weight excluding hydrogens is 280 g/mol. The van der Waals surface area contributed by atoms with Crippen molar-refractivity contribution in [3.8, 4) is 0 Å². The number of benzene rings is 2. The number of nitrogens with zero attached hydrogens (tertiary/aromatic N) is 1. The summed E-state index contributed by atoms with van der Waals surface area (Å²) in [4.78, 5) is 22.7. The van der Waals surface area contributed by atoms with E-state index in [2.05, 4.69) is 5.32 Å². The number of carbonyl (C=O) groups is 1. The molecule has 0 saturated heterocycles. The number of nitro benzene ring substituents is 1. The highest BCUT2D eigenvalue weighted by molar-refractivity contribution is 5.96. The third-order valence-corrected chi connectivity index (χ3v) is 3.68. The Hall–Kier alpha value is -2.69. The van der Waals surface area contributed by atoms with Crippen molar-refractivity contribution in [1.29, 1.82) is 0 Å². The number of amides is 1. The fourth-order valence-electron chi connectivity index (χ4n) is 2.31. The predicted octanol–water partition coefficient (Wildman–Crippen LogP) is 3.44. The second kappa shape index (κ2) is 6.85. The van der Waals surface area contributed by atoms with Crippen LogP contribution in [0.4, 0.5) is 5.69 Å². The van der Waals surface area contributed by atoms with Gasteiger partial charge in [0.1, 0.15) is 0 Å². The summed E-state index contributed by atoms with van der Waals surface area (Å²) in [6.45, 7) is 4.09. The molecular formula is C17H18N2O3. The van der Waals surface area contributed by atoms with E-state index in [0.29, 0.717) is 17.7 Å². The summed E-state index contributed by atoms with van der Waals surface area (Å²) in [7, 11) is 0. The summed E-state index contributed by atoms with van der Waals surface area (Å²) in [5.74, 6) is -0.117. The fourth-order valence-corrected chi connectivity index (χ4v) is 2.31. The first-order chi connectivity index (χ1) is 10.5. The molecule has 0 aromatic heterocycles. The Kier molecular flexibility index (Phi) is 4.88. The molecule has 0 fully saturated rings. The topological polar surface area (TPSA) is 72.2 Å². The number of carbonyl (C=O) groups excluding carboxylic acids is 1. The summed E-state index contributed by atoms with van der Waals surface area (Å²) in [6.07, 6.45) is 0. The molecule has 0 heterocycles. The molecule has 2 aromatic rings. The van der Waals surface area contributed by atoms with E-state index in [0.717, 1.165) is 5.56 Å². The lowest BCUT2D eigenvalue weighted by Gasteiger charge is -2.14. The molecule has 1 N–H and O–H groups in total. The SMILES string of the molecule is Cc1c(C(=O)NCC(C)c2ccccc2)cccc1[N+](=O)[O-]. The summed E-state index contributed by atoms with van der Waals surface area (Å²) in [5, 5.41) is 13.8. The van der Waals surface area contributed by atoms with E-state index in [1.54, 1.807) is 13.0 Å². The van der Waals surface area contributed by atoms with Gasteiger partial charge in [0, 0.05) is 23.7 Å². The van der Waals surface area contributed by atoms with Crippen molar-refractivity contribution in [2.45, 2.75) is 19.8 Å². The van der Waals surface area contributed by atoms with Gasteiger partial charge in [-0.25, -0.2) is 0 Å². The zero-order valence-electron chi connectivity index (χ0n) is 12.6. The highest BCUT2D eigenvalue weighted by Crippen LogP contribution is 2.21. The Bertz CT molecular complexity index is 684. The first-order valence-corrected chi connectivity index (χ1v) is 7.08. The Labute approximate surface area is 129 Å². The highest BCUT2D eigenvalue weighted by atomic mass is 16.6. The molecule has 0 aliphatic carbocycles. The molecule has 22 heavy (non-hydrogen) atoms. The first-order valence-electron chi connectivity index (χ1n) is 7.08. The lowest BCUT2D eigenvalue weighted by molar-refractivity contribution is -0.385. The van der Waals surface area contributed by atoms with Crippen LogP contribution < -0.4 is 5.32 Å². The van der Waals surface area contributed by atoms with Gasteiger partial charge in [0.25, 0.3) is 11.6 Å². The minimum atomic E-state index is -0.474. The lowest BCUT2D eigenvalue weighted by atomic mass is 10.0. The zero-order chi connectivity index (χ0) is 16.1. The van der Waals surface area contributed by atoms with Crippen molar-refractivity contribution in [3.05, 3.63) is 75.3 Å². The third-order valence-electron chi connectivity index (χ3n) is 3.68. The largest absolute Gasteiger partial charge is 0.351 e. The smallest absolute Gasteiger partial charge is 0.273 e. The fraction of sp³-hybridized carbons (Fsp3) is 0.235. The van der Waals surface area contributed by atoms with E-state index in [1.165, 1.54) is 12.1 Å². The molecule has 1 unspecified atom stereocenters. The van der Waals surface area contributed by atoms with Crippen molar-refractivity contribution in [3.63, 3.8) is 0 Å². The monoisotopic (exact) mass is 298 g/mol. The van der Waals surface area contributed by atoms with E-state index >= 15 is 0 Å². The standard InChI is InChI=1S/C17H18N2O3/c1-12(14-7-4-3-5-8-14)11-18-17(20)15-9-6-10-16(13(15)2)19(21)22/h3-10,12H,11H2,1-2H3,(H,18,20). The third kappa shape index (κ3) is 3.49. The van der Waals surface area contributed by atoms with Gasteiger partial charge in [0.05, 0.1) is 4.92 Å². The summed E-state index contributed by atoms with van der Waals surface area (Å²) in [6, 6.07) is 14.4. The predicted molar refractivity (Wildman–Crippen MR) is 85.0 cm³/mol. The number of nitro groups is 1. The van der Waals surface area contributed by atoms with Gasteiger partial charge in [-0.3, -0.25) is 14.9 Å². The van der Waals surface area contributed by atoms with Crippen LogP contribution >= 0.6 is 0 Å². The molecule has 0 aliphatic heterocycles. The van der Waals surface area contributed by atoms with Crippen molar-refractivity contribution in [2.75, 3.05) is 6.54 Å². The molecule has 0 spiro atoms. The number of rotatable bonds is 5. The van der Waals surface area contributed by atoms with Crippen LogP contribution in [0.2, 0.25) is 0 Å². The second-order valence-electron chi connectivity index (χ2n) is 5.23. The minimum Gasteiger partial charge on any atom is -0.351 e. The maximum atomic E-state index is 12.2. The van der Waals surface area contributed by atoms with Crippen LogP contribution in [0.25, 0.3) is 0 Å². The maximum absolute atomic E-state index is 12.2. The van der Waals surface area contributed by atoms with Crippen molar-refractivity contribution in [2.24, 2.45) is 0 Å². The van der Waals surface area contributed by atoms with E-state index in [-0.39, 0.29) is 17.5 Å². The highest BCUT2D eigenvalue weighted by Gasteiger charge is 2.18. The molecule has 2 aromatic carbocycles. The van der Waals surface area contributed by atoms with Crippen LogP contribution in [-0.4, -0.2) is 17.4 Å². The van der Waals surface area contributed by atoms with E-state index < -0.39 is 4.92 Å². The van der Waals surface area contributed by atoms with E-state index in [9.17, 15) is 14.9 Å². The van der Waals surface area contributed by atoms with Gasteiger partial charge in [-0.1, -0.05) is 43.3 Å². The molecule has 1 amide bonds. The van der Waals surface area contributed by atoms with Crippen LogP contribution in [0.3, 0.4) is 0 Å². The second-order valence-corrected chi connectivity index (χ2v) is 5.23. The van der Waals surface area contributed by atoms with Crippen LogP contribution in [0.15, 0.2) is 48.5 Å². The Morgan fingerprint density at radius 2 is 1.86 bits per heavy atom. The molecule has 0 radical (unpaired) electrons. The normalized spacial score (nSPS) is 11.7. The molecule has 114 valence electrons. The molecule has 0 saturated carbocycles. The average molecular weight is 298 g/mol. The number of hydrogen-bond donors (Lipinski definition) is 1. The zero-order valence-corrected chi connectivity index (χ0v) is 12.6. The molecule has 5 nitrogen and oxygen atoms in total. The molecule has 0 aliphatic rings.